The first-order valence-corrected chi connectivity index (χ1v) is 13.3. The van der Waals surface area contributed by atoms with Gasteiger partial charge in [0, 0.05) is 11.4 Å². The minimum atomic E-state index is 0.738. The van der Waals surface area contributed by atoms with E-state index in [0.717, 1.165) is 24.0 Å². The Kier molecular flexibility index (Phi) is 20.8. The number of rotatable bonds is 6. The molecule has 2 atom stereocenters. The molecule has 0 heterocycles. The summed E-state index contributed by atoms with van der Waals surface area (Å²) in [5, 5.41) is 0. The van der Waals surface area contributed by atoms with Crippen LogP contribution < -0.4 is 0 Å². The Morgan fingerprint density at radius 1 is 0.971 bits per heavy atom. The van der Waals surface area contributed by atoms with Gasteiger partial charge >= 0.3 is 0 Å². The lowest BCUT2D eigenvalue weighted by Crippen LogP contribution is -2.13. The smallest absolute Gasteiger partial charge is 0.0300 e. The number of benzene rings is 1. The van der Waals surface area contributed by atoms with E-state index < -0.39 is 0 Å². The Labute approximate surface area is 219 Å². The van der Waals surface area contributed by atoms with E-state index in [1.165, 1.54) is 59.2 Å². The predicted molar refractivity (Wildman–Crippen MR) is 164 cm³/mol. The highest BCUT2D eigenvalue weighted by molar-refractivity contribution is 5.89. The van der Waals surface area contributed by atoms with Crippen LogP contribution in [-0.4, -0.2) is 5.71 Å². The lowest BCUT2D eigenvalue weighted by molar-refractivity contribution is 0.416. The van der Waals surface area contributed by atoms with Gasteiger partial charge in [0.15, 0.2) is 0 Å². The first-order chi connectivity index (χ1) is 16.5. The van der Waals surface area contributed by atoms with E-state index in [-0.39, 0.29) is 0 Å². The van der Waals surface area contributed by atoms with E-state index in [9.17, 15) is 0 Å². The monoisotopic (exact) mass is 477 g/mol. The SMILES string of the molecule is C=C(C)C.C=C(C)N=C1CCC(CC)C1CC.C=C/C=C\C.CC/C(C)=C(/C)c1ccc(C)cc1. The van der Waals surface area contributed by atoms with Gasteiger partial charge < -0.3 is 0 Å². The van der Waals surface area contributed by atoms with E-state index in [1.54, 1.807) is 6.08 Å². The molecule has 1 aliphatic rings. The number of nitrogens with zero attached hydrogens (tertiary/aromatic N) is 1. The summed E-state index contributed by atoms with van der Waals surface area (Å²) in [6.07, 6.45) is 11.8. The normalized spacial score (nSPS) is 18.3. The molecule has 0 bridgehead atoms. The quantitative estimate of drug-likeness (QED) is 0.285. The Morgan fingerprint density at radius 2 is 1.51 bits per heavy atom. The summed E-state index contributed by atoms with van der Waals surface area (Å²) < 4.78 is 0. The molecule has 0 aromatic heterocycles. The van der Waals surface area contributed by atoms with Crippen LogP contribution in [0.2, 0.25) is 0 Å². The highest BCUT2D eigenvalue weighted by atomic mass is 14.8. The van der Waals surface area contributed by atoms with E-state index in [0.29, 0.717) is 0 Å². The predicted octanol–water partition coefficient (Wildman–Crippen LogP) is 11.3. The van der Waals surface area contributed by atoms with Crippen LogP contribution in [0.4, 0.5) is 0 Å². The van der Waals surface area contributed by atoms with Crippen molar-refractivity contribution in [3.05, 3.63) is 90.2 Å². The van der Waals surface area contributed by atoms with E-state index >= 15 is 0 Å². The molecule has 0 amide bonds. The maximum atomic E-state index is 4.55. The molecule has 1 aliphatic carbocycles. The maximum Gasteiger partial charge on any atom is 0.0300 e. The Hall–Kier alpha value is -2.41. The third kappa shape index (κ3) is 16.8. The topological polar surface area (TPSA) is 12.4 Å². The molecule has 0 N–H and O–H groups in total. The fourth-order valence-electron chi connectivity index (χ4n) is 3.88. The summed E-state index contributed by atoms with van der Waals surface area (Å²) >= 11 is 0. The zero-order valence-corrected chi connectivity index (χ0v) is 24.8. The van der Waals surface area contributed by atoms with E-state index in [2.05, 4.69) is 90.5 Å². The highest BCUT2D eigenvalue weighted by Gasteiger charge is 2.29. The van der Waals surface area contributed by atoms with Gasteiger partial charge in [0.05, 0.1) is 0 Å². The van der Waals surface area contributed by atoms with E-state index in [1.807, 2.05) is 39.8 Å². The second-order valence-corrected chi connectivity index (χ2v) is 9.65. The van der Waals surface area contributed by atoms with Gasteiger partial charge in [0.2, 0.25) is 0 Å². The van der Waals surface area contributed by atoms with Crippen LogP contribution in [0.3, 0.4) is 0 Å². The van der Waals surface area contributed by atoms with Crippen molar-refractivity contribution in [2.45, 2.75) is 101 Å². The van der Waals surface area contributed by atoms with Gasteiger partial charge in [-0.05, 0) is 97.1 Å². The molecule has 1 aromatic rings. The second-order valence-electron chi connectivity index (χ2n) is 9.65. The third-order valence-electron chi connectivity index (χ3n) is 6.05. The molecule has 0 saturated heterocycles. The van der Waals surface area contributed by atoms with Crippen LogP contribution in [0.25, 0.3) is 5.57 Å². The van der Waals surface area contributed by atoms with Crippen molar-refractivity contribution in [1.29, 1.82) is 0 Å². The molecule has 1 fully saturated rings. The largest absolute Gasteiger partial charge is 0.263 e. The summed E-state index contributed by atoms with van der Waals surface area (Å²) in [4.78, 5) is 4.55. The molecule has 1 nitrogen and oxygen atoms in total. The lowest BCUT2D eigenvalue weighted by atomic mass is 9.91. The molecule has 0 spiro atoms. The van der Waals surface area contributed by atoms with Crippen molar-refractivity contribution in [1.82, 2.24) is 0 Å². The third-order valence-corrected chi connectivity index (χ3v) is 6.05. The van der Waals surface area contributed by atoms with Crippen LogP contribution in [0.1, 0.15) is 106 Å². The molecule has 1 heteroatoms. The van der Waals surface area contributed by atoms with Crippen LogP contribution in [0, 0.1) is 18.8 Å². The average molecular weight is 478 g/mol. The van der Waals surface area contributed by atoms with Crippen LogP contribution >= 0.6 is 0 Å². The van der Waals surface area contributed by atoms with Crippen LogP contribution in [0.15, 0.2) is 84.1 Å². The number of hydrogen-bond donors (Lipinski definition) is 0. The molecule has 1 aromatic carbocycles. The average Bonchev–Trinajstić information content (AvgIpc) is 3.20. The minimum absolute atomic E-state index is 0.738. The molecule has 35 heavy (non-hydrogen) atoms. The summed E-state index contributed by atoms with van der Waals surface area (Å²) in [7, 11) is 0. The fourth-order valence-corrected chi connectivity index (χ4v) is 3.88. The molecular formula is C34H55N. The number of allylic oxidation sites excluding steroid dienone is 7. The van der Waals surface area contributed by atoms with Crippen molar-refractivity contribution in [2.24, 2.45) is 16.8 Å². The van der Waals surface area contributed by atoms with Gasteiger partial charge in [0.1, 0.15) is 0 Å². The van der Waals surface area contributed by atoms with Gasteiger partial charge in [-0.2, -0.15) is 0 Å². The zero-order chi connectivity index (χ0) is 27.4. The highest BCUT2D eigenvalue weighted by Crippen LogP contribution is 2.34. The zero-order valence-electron chi connectivity index (χ0n) is 24.8. The summed E-state index contributed by atoms with van der Waals surface area (Å²) in [6.45, 7) is 32.0. The van der Waals surface area contributed by atoms with Gasteiger partial charge in [-0.15, -0.1) is 6.58 Å². The number of aliphatic imine (C=N–C) groups is 1. The summed E-state index contributed by atoms with van der Waals surface area (Å²) in [6, 6.07) is 8.73. The van der Waals surface area contributed by atoms with Crippen molar-refractivity contribution >= 4 is 11.3 Å². The van der Waals surface area contributed by atoms with Gasteiger partial charge in [-0.25, -0.2) is 0 Å². The van der Waals surface area contributed by atoms with Crippen molar-refractivity contribution in [3.8, 4) is 0 Å². The summed E-state index contributed by atoms with van der Waals surface area (Å²) in [5.74, 6) is 1.62. The van der Waals surface area contributed by atoms with Gasteiger partial charge in [-0.1, -0.05) is 99.6 Å². The molecule has 2 unspecified atom stereocenters. The molecular weight excluding hydrogens is 422 g/mol. The summed E-state index contributed by atoms with van der Waals surface area (Å²) in [5.41, 5.74) is 9.11. The molecule has 0 aliphatic heterocycles. The fraction of sp³-hybridized carbons (Fsp3) is 0.500. The number of aryl methyl sites for hydroxylation is 1. The van der Waals surface area contributed by atoms with E-state index in [4.69, 9.17) is 0 Å². The van der Waals surface area contributed by atoms with Crippen molar-refractivity contribution in [2.75, 3.05) is 0 Å². The number of hydrogen-bond acceptors (Lipinski definition) is 1. The first kappa shape index (κ1) is 34.8. The second kappa shape index (κ2) is 20.9. The molecule has 1 saturated carbocycles. The molecule has 196 valence electrons. The standard InChI is InChI=1S/C13H18.C12H21N.C5H8.C4H8/c1-5-11(3)12(4)13-8-6-10(2)7-9-13;1-5-10-7-8-12(11(10)6-2)13-9(3)4;1-3-5-4-2;1-4(2)3/h6-9H,5H2,1-4H3;10-11H,3,5-8H2,1-2,4H3;3-5H,1H2,2H3;1H2,2-3H3/b12-11-;;5-4-;. The Morgan fingerprint density at radius 3 is 1.86 bits per heavy atom. The first-order valence-electron chi connectivity index (χ1n) is 13.3. The Bertz CT molecular complexity index is 826. The van der Waals surface area contributed by atoms with Gasteiger partial charge in [-0.3, -0.25) is 4.99 Å². The van der Waals surface area contributed by atoms with Crippen LogP contribution in [-0.2, 0) is 0 Å². The van der Waals surface area contributed by atoms with Crippen molar-refractivity contribution < 1.29 is 0 Å². The van der Waals surface area contributed by atoms with Crippen LogP contribution in [0.5, 0.6) is 0 Å². The maximum absolute atomic E-state index is 4.55. The lowest BCUT2D eigenvalue weighted by Gasteiger charge is -2.16. The minimum Gasteiger partial charge on any atom is -0.263 e. The Balaban J connectivity index is 0. The molecule has 0 radical (unpaired) electrons. The van der Waals surface area contributed by atoms with Gasteiger partial charge in [0.25, 0.3) is 0 Å². The van der Waals surface area contributed by atoms with Crippen molar-refractivity contribution in [3.63, 3.8) is 0 Å². The molecule has 2 rings (SSSR count).